The van der Waals surface area contributed by atoms with E-state index in [9.17, 15) is 13.9 Å². The van der Waals surface area contributed by atoms with Gasteiger partial charge in [0.05, 0.1) is 17.5 Å². The third-order valence-corrected chi connectivity index (χ3v) is 3.67. The van der Waals surface area contributed by atoms with Gasteiger partial charge in [-0.2, -0.15) is 0 Å². The fourth-order valence-electron chi connectivity index (χ4n) is 2.28. The van der Waals surface area contributed by atoms with Crippen LogP contribution in [0.1, 0.15) is 37.6 Å². The van der Waals surface area contributed by atoms with Crippen LogP contribution >= 0.6 is 0 Å². The summed E-state index contributed by atoms with van der Waals surface area (Å²) in [4.78, 5) is 4.07. The predicted molar refractivity (Wildman–Crippen MR) is 81.2 cm³/mol. The summed E-state index contributed by atoms with van der Waals surface area (Å²) in [5, 5.41) is 13.8. The molecule has 1 aromatic carbocycles. The number of halogens is 2. The highest BCUT2D eigenvalue weighted by Gasteiger charge is 2.24. The van der Waals surface area contributed by atoms with Crippen LogP contribution in [-0.4, -0.2) is 16.6 Å². The smallest absolute Gasteiger partial charge is 0.141 e. The third kappa shape index (κ3) is 4.08. The molecule has 2 unspecified atom stereocenters. The van der Waals surface area contributed by atoms with E-state index in [0.717, 1.165) is 12.1 Å². The Bertz CT molecular complexity index is 597. The molecular formula is C17H20F2N2O. The first kappa shape index (κ1) is 16.5. The number of benzene rings is 1. The average Bonchev–Trinajstić information content (AvgIpc) is 2.50. The normalized spacial score (nSPS) is 15.3. The number of aliphatic hydroxyl groups is 1. The Morgan fingerprint density at radius 3 is 2.32 bits per heavy atom. The first-order valence-corrected chi connectivity index (χ1v) is 7.25. The maximum Gasteiger partial charge on any atom is 0.141 e. The maximum absolute atomic E-state index is 13.0. The van der Waals surface area contributed by atoms with Crippen LogP contribution in [0.4, 0.5) is 8.78 Å². The number of aromatic nitrogens is 1. The van der Waals surface area contributed by atoms with Crippen LogP contribution in [0.5, 0.6) is 0 Å². The highest BCUT2D eigenvalue weighted by Crippen LogP contribution is 2.22. The minimum Gasteiger partial charge on any atom is -0.384 e. The summed E-state index contributed by atoms with van der Waals surface area (Å²) in [5.74, 6) is -0.716. The lowest BCUT2D eigenvalue weighted by Gasteiger charge is -2.27. The monoisotopic (exact) mass is 306 g/mol. The maximum atomic E-state index is 13.0. The van der Waals surface area contributed by atoms with E-state index >= 15 is 0 Å². The molecule has 22 heavy (non-hydrogen) atoms. The van der Waals surface area contributed by atoms with Crippen LogP contribution in [0.25, 0.3) is 0 Å². The van der Waals surface area contributed by atoms with E-state index in [-0.39, 0.29) is 24.2 Å². The van der Waals surface area contributed by atoms with Crippen LogP contribution in [0, 0.1) is 11.6 Å². The Kier molecular flexibility index (Phi) is 5.21. The first-order chi connectivity index (χ1) is 10.4. The minimum absolute atomic E-state index is 0.0903. The van der Waals surface area contributed by atoms with Gasteiger partial charge >= 0.3 is 0 Å². The van der Waals surface area contributed by atoms with Crippen LogP contribution in [-0.2, 0) is 5.60 Å². The molecule has 0 aliphatic rings. The highest BCUT2D eigenvalue weighted by molar-refractivity contribution is 5.23. The van der Waals surface area contributed by atoms with Gasteiger partial charge in [0, 0.05) is 12.6 Å². The largest absolute Gasteiger partial charge is 0.384 e. The summed E-state index contributed by atoms with van der Waals surface area (Å²) in [6, 6.07) is 8.68. The molecule has 0 radical (unpaired) electrons. The summed E-state index contributed by atoms with van der Waals surface area (Å²) in [7, 11) is 0. The van der Waals surface area contributed by atoms with E-state index < -0.39 is 5.60 Å². The van der Waals surface area contributed by atoms with E-state index in [1.807, 2.05) is 6.92 Å². The van der Waals surface area contributed by atoms with Crippen molar-refractivity contribution in [2.24, 2.45) is 0 Å². The molecular weight excluding hydrogens is 286 g/mol. The average molecular weight is 306 g/mol. The molecule has 0 aliphatic heterocycles. The van der Waals surface area contributed by atoms with Gasteiger partial charge in [-0.05, 0) is 43.2 Å². The molecule has 2 aromatic rings. The molecule has 5 heteroatoms. The minimum atomic E-state index is -1.14. The van der Waals surface area contributed by atoms with Gasteiger partial charge in [-0.15, -0.1) is 0 Å². The number of nitrogens with zero attached hydrogens (tertiary/aromatic N) is 1. The SMILES string of the molecule is CCC(NCC(C)(O)c1ccc(F)cc1)c1ccc(F)cn1. The predicted octanol–water partition coefficient (Wildman–Crippen LogP) is 3.31. The summed E-state index contributed by atoms with van der Waals surface area (Å²) >= 11 is 0. The summed E-state index contributed by atoms with van der Waals surface area (Å²) in [6.07, 6.45) is 1.93. The number of rotatable bonds is 6. The molecule has 0 saturated heterocycles. The van der Waals surface area contributed by atoms with Gasteiger partial charge in [0.15, 0.2) is 0 Å². The summed E-state index contributed by atoms with van der Waals surface area (Å²) < 4.78 is 25.9. The van der Waals surface area contributed by atoms with Gasteiger partial charge in [-0.1, -0.05) is 19.1 Å². The summed E-state index contributed by atoms with van der Waals surface area (Å²) in [5.41, 5.74) is 0.211. The van der Waals surface area contributed by atoms with Crippen molar-refractivity contribution >= 4 is 0 Å². The van der Waals surface area contributed by atoms with Crippen molar-refractivity contribution < 1.29 is 13.9 Å². The molecule has 0 fully saturated rings. The van der Waals surface area contributed by atoms with Crippen LogP contribution < -0.4 is 5.32 Å². The zero-order valence-electron chi connectivity index (χ0n) is 12.7. The van der Waals surface area contributed by atoms with Crippen molar-refractivity contribution in [3.8, 4) is 0 Å². The molecule has 118 valence electrons. The van der Waals surface area contributed by atoms with Crippen molar-refractivity contribution in [1.29, 1.82) is 0 Å². The van der Waals surface area contributed by atoms with Gasteiger partial charge in [0.1, 0.15) is 11.6 Å². The fourth-order valence-corrected chi connectivity index (χ4v) is 2.28. The molecule has 2 atom stereocenters. The molecule has 1 heterocycles. The second-order valence-corrected chi connectivity index (χ2v) is 5.52. The van der Waals surface area contributed by atoms with Crippen molar-refractivity contribution in [1.82, 2.24) is 10.3 Å². The topological polar surface area (TPSA) is 45.1 Å². The molecule has 3 nitrogen and oxygen atoms in total. The molecule has 2 rings (SSSR count). The van der Waals surface area contributed by atoms with Gasteiger partial charge in [-0.3, -0.25) is 4.98 Å². The molecule has 0 spiro atoms. The van der Waals surface area contributed by atoms with Crippen molar-refractivity contribution in [2.75, 3.05) is 6.54 Å². The Labute approximate surface area is 129 Å². The molecule has 0 amide bonds. The molecule has 0 bridgehead atoms. The van der Waals surface area contributed by atoms with Gasteiger partial charge < -0.3 is 10.4 Å². The van der Waals surface area contributed by atoms with Crippen molar-refractivity contribution in [3.63, 3.8) is 0 Å². The second-order valence-electron chi connectivity index (χ2n) is 5.52. The van der Waals surface area contributed by atoms with E-state index in [1.54, 1.807) is 25.1 Å². The standard InChI is InChI=1S/C17H20F2N2O/c1-3-15(16-9-8-14(19)10-20-16)21-11-17(2,22)12-4-6-13(18)7-5-12/h4-10,15,21-22H,3,11H2,1-2H3. The van der Waals surface area contributed by atoms with Gasteiger partial charge in [0.25, 0.3) is 0 Å². The Morgan fingerprint density at radius 2 is 1.77 bits per heavy atom. The van der Waals surface area contributed by atoms with Crippen LogP contribution in [0.15, 0.2) is 42.6 Å². The van der Waals surface area contributed by atoms with Crippen molar-refractivity contribution in [2.45, 2.75) is 31.9 Å². The van der Waals surface area contributed by atoms with E-state index in [2.05, 4.69) is 10.3 Å². The first-order valence-electron chi connectivity index (χ1n) is 7.25. The van der Waals surface area contributed by atoms with E-state index in [4.69, 9.17) is 0 Å². The lowest BCUT2D eigenvalue weighted by Crippen LogP contribution is -2.37. The lowest BCUT2D eigenvalue weighted by molar-refractivity contribution is 0.0534. The zero-order chi connectivity index (χ0) is 16.2. The number of pyridine rings is 1. The molecule has 1 aromatic heterocycles. The summed E-state index contributed by atoms with van der Waals surface area (Å²) in [6.45, 7) is 3.92. The molecule has 0 aliphatic carbocycles. The lowest BCUT2D eigenvalue weighted by atomic mass is 9.95. The van der Waals surface area contributed by atoms with Gasteiger partial charge in [0.2, 0.25) is 0 Å². The van der Waals surface area contributed by atoms with Gasteiger partial charge in [-0.25, -0.2) is 8.78 Å². The molecule has 2 N–H and O–H groups in total. The number of hydrogen-bond donors (Lipinski definition) is 2. The van der Waals surface area contributed by atoms with E-state index in [0.29, 0.717) is 5.56 Å². The Morgan fingerprint density at radius 1 is 1.14 bits per heavy atom. The number of hydrogen-bond acceptors (Lipinski definition) is 3. The van der Waals surface area contributed by atoms with Crippen molar-refractivity contribution in [3.05, 3.63) is 65.5 Å². The fraction of sp³-hybridized carbons (Fsp3) is 0.353. The molecule has 0 saturated carbocycles. The Hall–Kier alpha value is -1.85. The Balaban J connectivity index is 2.05. The second kappa shape index (κ2) is 6.94. The zero-order valence-corrected chi connectivity index (χ0v) is 12.7. The van der Waals surface area contributed by atoms with Crippen LogP contribution in [0.3, 0.4) is 0 Å². The number of nitrogens with one attached hydrogen (secondary N) is 1. The quantitative estimate of drug-likeness (QED) is 0.860. The van der Waals surface area contributed by atoms with E-state index in [1.165, 1.54) is 24.4 Å². The van der Waals surface area contributed by atoms with Crippen LogP contribution in [0.2, 0.25) is 0 Å². The highest BCUT2D eigenvalue weighted by atomic mass is 19.1. The third-order valence-electron chi connectivity index (χ3n) is 3.67.